The number of ketones is 3. The molecule has 0 bridgehead atoms. The number of aliphatic hydroxyl groups is 3. The van der Waals surface area contributed by atoms with E-state index in [-0.39, 0.29) is 56.4 Å². The summed E-state index contributed by atoms with van der Waals surface area (Å²) in [5, 5.41) is 27.5. The standard InChI is InChI=1S/3C10H11F7O2.Dy/c3*1-7(2,3)5(18)4-6(19)8(11,12)9(13,14)10(15,16)17;/h3*4,18H,1-3H3;/b3*5-4-;. The van der Waals surface area contributed by atoms with Gasteiger partial charge in [-0.15, -0.1) is 0 Å². The number of carbonyl (C=O) groups excluding carboxylic acids is 3. The molecule has 0 radical (unpaired) electrons. The van der Waals surface area contributed by atoms with E-state index >= 15 is 0 Å². The van der Waals surface area contributed by atoms with Crippen LogP contribution >= 0.6 is 0 Å². The number of alkyl halides is 21. The van der Waals surface area contributed by atoms with Gasteiger partial charge in [0.15, 0.2) is 0 Å². The third-order valence-electron chi connectivity index (χ3n) is 6.29. The summed E-state index contributed by atoms with van der Waals surface area (Å²) in [5.41, 5.74) is -3.75. The van der Waals surface area contributed by atoms with E-state index in [4.69, 9.17) is 15.3 Å². The monoisotopic (exact) mass is 1050 g/mol. The zero-order valence-corrected chi connectivity index (χ0v) is 32.6. The molecule has 3 N–H and O–H groups in total. The Balaban J connectivity index is -0.000000374. The minimum atomic E-state index is -6.59. The molecule has 0 aromatic heterocycles. The van der Waals surface area contributed by atoms with Gasteiger partial charge in [-0.3, -0.25) is 14.4 Å². The molecule has 0 aliphatic rings. The van der Waals surface area contributed by atoms with E-state index < -0.39 is 105 Å². The largest absolute Gasteiger partial charge is 0.512 e. The van der Waals surface area contributed by atoms with Gasteiger partial charge >= 0.3 is 54.1 Å². The van der Waals surface area contributed by atoms with Gasteiger partial charge in [-0.2, -0.15) is 92.2 Å². The van der Waals surface area contributed by atoms with Crippen LogP contribution in [0.15, 0.2) is 35.5 Å². The summed E-state index contributed by atoms with van der Waals surface area (Å²) >= 11 is 0. The van der Waals surface area contributed by atoms with Crippen LogP contribution in [-0.4, -0.2) is 86.7 Å². The molecule has 0 saturated heterocycles. The van der Waals surface area contributed by atoms with Gasteiger partial charge in [0.05, 0.1) is 0 Å². The fourth-order valence-corrected chi connectivity index (χ4v) is 2.29. The molecule has 0 rings (SSSR count). The van der Waals surface area contributed by atoms with Gasteiger partial charge in [-0.05, 0) is 0 Å². The van der Waals surface area contributed by atoms with Gasteiger partial charge in [0.2, 0.25) is 17.3 Å². The molecule has 0 aromatic carbocycles. The Kier molecular flexibility index (Phi) is 20.3. The van der Waals surface area contributed by atoms with Crippen LogP contribution in [0.3, 0.4) is 0 Å². The first-order valence-corrected chi connectivity index (χ1v) is 14.5. The Hall–Kier alpha value is -2.57. The predicted octanol–water partition coefficient (Wildman–Crippen LogP) is 11.6. The average Bonchev–Trinajstić information content (AvgIpc) is 2.93. The molecular formula is C30H33DyF21O6. The first kappa shape index (κ1) is 62.1. The number of carbonyl (C=O) groups is 3. The van der Waals surface area contributed by atoms with Crippen molar-refractivity contribution in [3.05, 3.63) is 35.5 Å². The first-order chi connectivity index (χ1) is 24.1. The van der Waals surface area contributed by atoms with Crippen molar-refractivity contribution in [3.8, 4) is 0 Å². The van der Waals surface area contributed by atoms with Crippen LogP contribution in [-0.2, 0) is 14.4 Å². The Morgan fingerprint density at radius 2 is 0.448 bits per heavy atom. The third-order valence-corrected chi connectivity index (χ3v) is 6.29. The van der Waals surface area contributed by atoms with Crippen molar-refractivity contribution in [3.63, 3.8) is 0 Å². The molecule has 0 saturated carbocycles. The summed E-state index contributed by atoms with van der Waals surface area (Å²) in [5.74, 6) is -49.1. The number of rotatable bonds is 9. The van der Waals surface area contributed by atoms with Gasteiger partial charge in [-0.1, -0.05) is 62.3 Å². The van der Waals surface area contributed by atoms with Crippen molar-refractivity contribution in [2.75, 3.05) is 0 Å². The van der Waals surface area contributed by atoms with Crippen molar-refractivity contribution in [2.24, 2.45) is 16.2 Å². The number of allylic oxidation sites excluding steroid dienone is 6. The number of aliphatic hydroxyl groups excluding tert-OH is 3. The molecule has 0 fully saturated rings. The zero-order chi connectivity index (χ0) is 47.6. The summed E-state index contributed by atoms with van der Waals surface area (Å²) < 4.78 is 258. The second-order valence-corrected chi connectivity index (χ2v) is 14.4. The van der Waals surface area contributed by atoms with Crippen LogP contribution in [0.25, 0.3) is 0 Å². The molecular weight excluding hydrogens is 1020 g/mol. The Morgan fingerprint density at radius 3 is 0.534 bits per heavy atom. The molecule has 0 aromatic rings. The van der Waals surface area contributed by atoms with Gasteiger partial charge in [0.1, 0.15) is 17.3 Å². The Morgan fingerprint density at radius 1 is 0.328 bits per heavy atom. The van der Waals surface area contributed by atoms with Crippen molar-refractivity contribution >= 4 is 17.3 Å². The summed E-state index contributed by atoms with van der Waals surface area (Å²) in [7, 11) is 0. The zero-order valence-electron chi connectivity index (χ0n) is 30.6. The first-order valence-electron chi connectivity index (χ1n) is 14.5. The third kappa shape index (κ3) is 14.9. The minimum Gasteiger partial charge on any atom is -0.512 e. The fourth-order valence-electron chi connectivity index (χ4n) is 2.29. The van der Waals surface area contributed by atoms with E-state index in [0.29, 0.717) is 0 Å². The maximum absolute atomic E-state index is 12.9. The molecule has 0 aliphatic heterocycles. The smallest absolute Gasteiger partial charge is 0.460 e. The molecule has 0 unspecified atom stereocenters. The Bertz CT molecular complexity index is 1350. The van der Waals surface area contributed by atoms with Crippen LogP contribution in [0.4, 0.5) is 92.2 Å². The van der Waals surface area contributed by atoms with Gasteiger partial charge in [0.25, 0.3) is 0 Å². The van der Waals surface area contributed by atoms with Crippen LogP contribution in [0.5, 0.6) is 0 Å². The molecule has 6 nitrogen and oxygen atoms in total. The molecule has 0 heterocycles. The van der Waals surface area contributed by atoms with Crippen molar-refractivity contribution in [1.29, 1.82) is 0 Å². The normalized spacial score (nSPS) is 15.3. The second kappa shape index (κ2) is 19.0. The van der Waals surface area contributed by atoms with Crippen molar-refractivity contribution < 1.29 is 160 Å². The van der Waals surface area contributed by atoms with E-state index in [1.54, 1.807) is 0 Å². The van der Waals surface area contributed by atoms with Crippen molar-refractivity contribution in [1.82, 2.24) is 0 Å². The quantitative estimate of drug-likeness (QED) is 0.120. The van der Waals surface area contributed by atoms with Gasteiger partial charge < -0.3 is 15.3 Å². The predicted molar refractivity (Wildman–Crippen MR) is 153 cm³/mol. The maximum Gasteiger partial charge on any atom is 0.460 e. The van der Waals surface area contributed by atoms with Gasteiger partial charge in [0, 0.05) is 72.6 Å². The molecule has 346 valence electrons. The fraction of sp³-hybridized carbons (Fsp3) is 0.700. The minimum absolute atomic E-state index is 0. The van der Waals surface area contributed by atoms with Crippen LogP contribution in [0.1, 0.15) is 62.3 Å². The van der Waals surface area contributed by atoms with Crippen LogP contribution in [0, 0.1) is 54.4 Å². The van der Waals surface area contributed by atoms with E-state index in [1.807, 2.05) is 0 Å². The van der Waals surface area contributed by atoms with Crippen molar-refractivity contribution in [2.45, 2.75) is 116 Å². The number of hydrogen-bond acceptors (Lipinski definition) is 6. The summed E-state index contributed by atoms with van der Waals surface area (Å²) in [6.45, 7) is 11.2. The molecule has 0 atom stereocenters. The molecule has 28 heteroatoms. The van der Waals surface area contributed by atoms with E-state index in [2.05, 4.69) is 0 Å². The number of halogens is 21. The van der Waals surface area contributed by atoms with Crippen LogP contribution < -0.4 is 0 Å². The second-order valence-electron chi connectivity index (χ2n) is 14.4. The summed E-state index contributed by atoms with van der Waals surface area (Å²) in [4.78, 5) is 32.5. The number of hydrogen-bond donors (Lipinski definition) is 3. The molecule has 0 amide bonds. The summed E-state index contributed by atoms with van der Waals surface area (Å²) in [6.07, 6.45) is -20.7. The molecule has 0 aliphatic carbocycles. The van der Waals surface area contributed by atoms with Crippen LogP contribution in [0.2, 0.25) is 0 Å². The molecule has 0 spiro atoms. The Labute approximate surface area is 344 Å². The molecule has 58 heavy (non-hydrogen) atoms. The van der Waals surface area contributed by atoms with E-state index in [1.165, 1.54) is 62.3 Å². The summed E-state index contributed by atoms with van der Waals surface area (Å²) in [6, 6.07) is 0. The van der Waals surface area contributed by atoms with E-state index in [0.717, 1.165) is 0 Å². The topological polar surface area (TPSA) is 112 Å². The maximum atomic E-state index is 12.9. The SMILES string of the molecule is CC(C)(C)/C(O)=C/C(=O)C(F)(F)C(F)(F)C(F)(F)F.CC(C)(C)/C(O)=C/C(=O)C(F)(F)C(F)(F)C(F)(F)F.CC(C)(C)/C(O)=C/C(=O)C(F)(F)C(F)(F)C(F)(F)F.[Dy]. The average molecular weight is 1050 g/mol. The van der Waals surface area contributed by atoms with E-state index in [9.17, 15) is 107 Å². The van der Waals surface area contributed by atoms with Gasteiger partial charge in [-0.25, -0.2) is 0 Å².